The summed E-state index contributed by atoms with van der Waals surface area (Å²) in [5, 5.41) is -0.311. The van der Waals surface area contributed by atoms with Gasteiger partial charge in [0.05, 0.1) is 0 Å². The summed E-state index contributed by atoms with van der Waals surface area (Å²) >= 11 is 1.73. The van der Waals surface area contributed by atoms with E-state index in [1.165, 1.54) is 0 Å². The predicted molar refractivity (Wildman–Crippen MR) is 75.0 cm³/mol. The second-order valence-corrected chi connectivity index (χ2v) is 8.85. The zero-order valence-electron chi connectivity index (χ0n) is 11.0. The third-order valence-electron chi connectivity index (χ3n) is 3.05. The van der Waals surface area contributed by atoms with Crippen LogP contribution < -0.4 is 5.73 Å². The van der Waals surface area contributed by atoms with Gasteiger partial charge in [0.25, 0.3) is 0 Å². The van der Waals surface area contributed by atoms with Gasteiger partial charge in [0.15, 0.2) is 9.84 Å². The zero-order valence-corrected chi connectivity index (χ0v) is 12.6. The molecule has 0 aromatic heterocycles. The molecule has 6 heteroatoms. The monoisotopic (exact) mass is 280 g/mol. The first-order chi connectivity index (χ1) is 7.76. The van der Waals surface area contributed by atoms with Crippen molar-refractivity contribution in [3.8, 4) is 0 Å². The Balaban J connectivity index is 2.67. The molecule has 0 bridgehead atoms. The average Bonchev–Trinajstić information content (AvgIpc) is 2.26. The van der Waals surface area contributed by atoms with Crippen molar-refractivity contribution < 1.29 is 8.42 Å². The van der Waals surface area contributed by atoms with Crippen LogP contribution in [0.25, 0.3) is 0 Å². The van der Waals surface area contributed by atoms with Gasteiger partial charge in [-0.05, 0) is 20.3 Å². The molecule has 1 rings (SSSR count). The molecule has 4 nitrogen and oxygen atoms in total. The molecular formula is C11H24N2O2S2. The topological polar surface area (TPSA) is 63.4 Å². The number of rotatable bonds is 5. The normalized spacial score (nSPS) is 23.9. The van der Waals surface area contributed by atoms with Crippen molar-refractivity contribution in [3.05, 3.63) is 0 Å². The highest BCUT2D eigenvalue weighted by Crippen LogP contribution is 2.22. The summed E-state index contributed by atoms with van der Waals surface area (Å²) in [6.45, 7) is 7.31. The van der Waals surface area contributed by atoms with E-state index in [1.807, 2.05) is 13.8 Å². The first-order valence-corrected chi connectivity index (χ1v) is 8.95. The number of nitrogens with two attached hydrogens (primary N) is 1. The van der Waals surface area contributed by atoms with Crippen LogP contribution in [0, 0.1) is 0 Å². The molecule has 0 aromatic rings. The van der Waals surface area contributed by atoms with Crippen LogP contribution in [0.1, 0.15) is 27.2 Å². The van der Waals surface area contributed by atoms with Crippen molar-refractivity contribution in [1.82, 2.24) is 4.90 Å². The van der Waals surface area contributed by atoms with E-state index in [2.05, 4.69) is 4.90 Å². The van der Waals surface area contributed by atoms with Gasteiger partial charge in [-0.25, -0.2) is 8.42 Å². The van der Waals surface area contributed by atoms with E-state index >= 15 is 0 Å². The molecule has 17 heavy (non-hydrogen) atoms. The van der Waals surface area contributed by atoms with Crippen molar-refractivity contribution in [1.29, 1.82) is 0 Å². The van der Waals surface area contributed by atoms with Crippen molar-refractivity contribution in [3.63, 3.8) is 0 Å². The maximum atomic E-state index is 12.0. The minimum Gasteiger partial charge on any atom is -0.326 e. The number of sulfone groups is 1. The lowest BCUT2D eigenvalue weighted by molar-refractivity contribution is 0.245. The van der Waals surface area contributed by atoms with Crippen LogP contribution in [-0.4, -0.2) is 54.6 Å². The Hall–Kier alpha value is 0.220. The lowest BCUT2D eigenvalue weighted by Gasteiger charge is -2.36. The standard InChI is InChI=1S/C11H24N2O2S2/c1-4-17(14,15)10-9-16-8-7-13(10)6-5-11(2,3)12/h10H,4-9,12H2,1-3H3. The number of hydrogen-bond acceptors (Lipinski definition) is 5. The molecule has 0 spiro atoms. The van der Waals surface area contributed by atoms with Crippen LogP contribution in [-0.2, 0) is 9.84 Å². The van der Waals surface area contributed by atoms with Crippen LogP contribution in [0.2, 0.25) is 0 Å². The molecule has 1 aliphatic heterocycles. The Morgan fingerprint density at radius 2 is 2.12 bits per heavy atom. The molecule has 1 heterocycles. The van der Waals surface area contributed by atoms with Crippen LogP contribution in [0.4, 0.5) is 0 Å². The second-order valence-electron chi connectivity index (χ2n) is 5.26. The van der Waals surface area contributed by atoms with E-state index in [9.17, 15) is 8.42 Å². The highest BCUT2D eigenvalue weighted by atomic mass is 32.2. The fourth-order valence-corrected chi connectivity index (χ4v) is 4.94. The number of hydrogen-bond donors (Lipinski definition) is 1. The summed E-state index contributed by atoms with van der Waals surface area (Å²) in [5.41, 5.74) is 5.73. The van der Waals surface area contributed by atoms with Gasteiger partial charge in [-0.3, -0.25) is 4.90 Å². The highest BCUT2D eigenvalue weighted by molar-refractivity contribution is 8.01. The van der Waals surface area contributed by atoms with Crippen molar-refractivity contribution in [2.45, 2.75) is 38.1 Å². The third-order valence-corrected chi connectivity index (χ3v) is 6.38. The van der Waals surface area contributed by atoms with Crippen molar-refractivity contribution >= 4 is 21.6 Å². The zero-order chi connectivity index (χ0) is 13.1. The Morgan fingerprint density at radius 3 is 2.65 bits per heavy atom. The van der Waals surface area contributed by atoms with Gasteiger partial charge in [0.1, 0.15) is 5.37 Å². The Morgan fingerprint density at radius 1 is 1.47 bits per heavy atom. The molecule has 0 aromatic carbocycles. The molecule has 1 fully saturated rings. The van der Waals surface area contributed by atoms with E-state index < -0.39 is 9.84 Å². The van der Waals surface area contributed by atoms with E-state index in [0.29, 0.717) is 5.75 Å². The summed E-state index contributed by atoms with van der Waals surface area (Å²) < 4.78 is 24.0. The molecule has 1 unspecified atom stereocenters. The maximum absolute atomic E-state index is 12.0. The van der Waals surface area contributed by atoms with Crippen LogP contribution >= 0.6 is 11.8 Å². The van der Waals surface area contributed by atoms with Gasteiger partial charge in [0.2, 0.25) is 0 Å². The predicted octanol–water partition coefficient (Wildman–Crippen LogP) is 0.923. The van der Waals surface area contributed by atoms with Gasteiger partial charge in [-0.2, -0.15) is 11.8 Å². The summed E-state index contributed by atoms with van der Waals surface area (Å²) in [7, 11) is -2.97. The maximum Gasteiger partial charge on any atom is 0.166 e. The van der Waals surface area contributed by atoms with Gasteiger partial charge in [-0.15, -0.1) is 0 Å². The number of nitrogens with zero attached hydrogens (tertiary/aromatic N) is 1. The SMILES string of the molecule is CCS(=O)(=O)C1CSCCN1CCC(C)(C)N. The Bertz CT molecular complexity index is 336. The van der Waals surface area contributed by atoms with E-state index in [4.69, 9.17) is 5.73 Å². The fraction of sp³-hybridized carbons (Fsp3) is 1.00. The van der Waals surface area contributed by atoms with Crippen molar-refractivity contribution in [2.24, 2.45) is 5.73 Å². The average molecular weight is 280 g/mol. The summed E-state index contributed by atoms with van der Waals surface area (Å²) in [4.78, 5) is 2.09. The third kappa shape index (κ3) is 4.77. The van der Waals surface area contributed by atoms with E-state index in [1.54, 1.807) is 18.7 Å². The fourth-order valence-electron chi connectivity index (χ4n) is 1.83. The first kappa shape index (κ1) is 15.3. The molecule has 0 aliphatic carbocycles. The lowest BCUT2D eigenvalue weighted by atomic mass is 10.0. The Labute approximate surface area is 109 Å². The molecule has 1 aliphatic rings. The molecule has 0 amide bonds. The second kappa shape index (κ2) is 5.91. The van der Waals surface area contributed by atoms with Crippen LogP contribution in [0.5, 0.6) is 0 Å². The first-order valence-electron chi connectivity index (χ1n) is 6.08. The smallest absolute Gasteiger partial charge is 0.166 e. The molecule has 0 radical (unpaired) electrons. The molecule has 0 saturated carbocycles. The van der Waals surface area contributed by atoms with Crippen molar-refractivity contribution in [2.75, 3.05) is 30.3 Å². The Kier molecular flexibility index (Phi) is 5.31. The molecule has 2 N–H and O–H groups in total. The quantitative estimate of drug-likeness (QED) is 0.811. The molecule has 1 saturated heterocycles. The molecule has 1 atom stereocenters. The minimum atomic E-state index is -2.97. The van der Waals surface area contributed by atoms with Gasteiger partial charge < -0.3 is 5.73 Å². The molecular weight excluding hydrogens is 256 g/mol. The van der Waals surface area contributed by atoms with Gasteiger partial charge in [0, 0.05) is 35.9 Å². The number of thioether (sulfide) groups is 1. The largest absolute Gasteiger partial charge is 0.326 e. The van der Waals surface area contributed by atoms with E-state index in [-0.39, 0.29) is 16.7 Å². The summed E-state index contributed by atoms with van der Waals surface area (Å²) in [5.74, 6) is 1.93. The summed E-state index contributed by atoms with van der Waals surface area (Å²) in [6.07, 6.45) is 0.827. The summed E-state index contributed by atoms with van der Waals surface area (Å²) in [6, 6.07) is 0. The van der Waals surface area contributed by atoms with Crippen LogP contribution in [0.15, 0.2) is 0 Å². The minimum absolute atomic E-state index is 0.223. The van der Waals surface area contributed by atoms with Gasteiger partial charge in [-0.1, -0.05) is 6.92 Å². The van der Waals surface area contributed by atoms with Crippen LogP contribution in [0.3, 0.4) is 0 Å². The van der Waals surface area contributed by atoms with Gasteiger partial charge >= 0.3 is 0 Å². The molecule has 102 valence electrons. The highest BCUT2D eigenvalue weighted by Gasteiger charge is 2.32. The lowest BCUT2D eigenvalue weighted by Crippen LogP contribution is -2.49. The van der Waals surface area contributed by atoms with E-state index in [0.717, 1.165) is 25.3 Å².